The molecule has 1 amide bonds. The van der Waals surface area contributed by atoms with Gasteiger partial charge in [0.15, 0.2) is 5.76 Å². The molecule has 1 N–H and O–H groups in total. The summed E-state index contributed by atoms with van der Waals surface area (Å²) in [6.07, 6.45) is 4.73. The van der Waals surface area contributed by atoms with Gasteiger partial charge in [0.25, 0.3) is 11.5 Å². The highest BCUT2D eigenvalue weighted by molar-refractivity contribution is 5.96. The van der Waals surface area contributed by atoms with Crippen molar-refractivity contribution in [2.45, 2.75) is 6.54 Å². The van der Waals surface area contributed by atoms with Crippen LogP contribution in [0.15, 0.2) is 88.5 Å². The molecule has 0 aliphatic heterocycles. The van der Waals surface area contributed by atoms with Crippen LogP contribution in [0.1, 0.15) is 15.9 Å². The zero-order chi connectivity index (χ0) is 20.9. The third-order valence-corrected chi connectivity index (χ3v) is 4.60. The first-order valence-electron chi connectivity index (χ1n) is 9.29. The molecule has 1 aromatic carbocycles. The number of carbonyl (C=O) groups excluding carboxylic acids is 1. The van der Waals surface area contributed by atoms with Crippen molar-refractivity contribution in [3.8, 4) is 22.9 Å². The molecule has 0 aliphatic carbocycles. The third kappa shape index (κ3) is 3.86. The molecule has 0 spiro atoms. The highest BCUT2D eigenvalue weighted by Gasteiger charge is 2.17. The van der Waals surface area contributed by atoms with Crippen LogP contribution in [0.25, 0.3) is 17.1 Å². The van der Waals surface area contributed by atoms with E-state index in [1.807, 2.05) is 30.3 Å². The van der Waals surface area contributed by atoms with Crippen molar-refractivity contribution in [3.05, 3.63) is 101 Å². The molecule has 0 saturated carbocycles. The lowest BCUT2D eigenvalue weighted by atomic mass is 10.1. The molecule has 4 rings (SSSR count). The van der Waals surface area contributed by atoms with Crippen molar-refractivity contribution in [2.75, 3.05) is 7.11 Å². The number of ether oxygens (including phenoxy) is 1. The molecule has 4 aromatic rings. The van der Waals surface area contributed by atoms with Crippen molar-refractivity contribution < 1.29 is 13.9 Å². The van der Waals surface area contributed by atoms with Crippen LogP contribution in [0.3, 0.4) is 0 Å². The first kappa shape index (κ1) is 19.2. The predicted octanol–water partition coefficient (Wildman–Crippen LogP) is 3.43. The number of pyridine rings is 2. The van der Waals surface area contributed by atoms with E-state index in [4.69, 9.17) is 9.15 Å². The minimum absolute atomic E-state index is 0.210. The van der Waals surface area contributed by atoms with Gasteiger partial charge in [-0.25, -0.2) is 0 Å². The van der Waals surface area contributed by atoms with Crippen LogP contribution >= 0.6 is 0 Å². The number of hydrogen-bond donors (Lipinski definition) is 1. The Morgan fingerprint density at radius 1 is 1.13 bits per heavy atom. The molecule has 150 valence electrons. The van der Waals surface area contributed by atoms with Gasteiger partial charge in [-0.15, -0.1) is 0 Å². The normalized spacial score (nSPS) is 10.6. The topological polar surface area (TPSA) is 86.4 Å². The van der Waals surface area contributed by atoms with Crippen molar-refractivity contribution in [2.24, 2.45) is 0 Å². The highest BCUT2D eigenvalue weighted by atomic mass is 16.5. The Kier molecular flexibility index (Phi) is 5.43. The summed E-state index contributed by atoms with van der Waals surface area (Å²) in [5.74, 6) is 0.461. The number of aromatic nitrogens is 2. The summed E-state index contributed by atoms with van der Waals surface area (Å²) in [5, 5.41) is 2.87. The van der Waals surface area contributed by atoms with Crippen LogP contribution in [-0.2, 0) is 6.54 Å². The maximum absolute atomic E-state index is 12.9. The number of methoxy groups -OCH3 is 1. The van der Waals surface area contributed by atoms with Crippen LogP contribution in [-0.4, -0.2) is 22.6 Å². The van der Waals surface area contributed by atoms with E-state index in [2.05, 4.69) is 10.3 Å². The molecule has 0 saturated heterocycles. The van der Waals surface area contributed by atoms with Gasteiger partial charge in [0, 0.05) is 36.3 Å². The van der Waals surface area contributed by atoms with Crippen LogP contribution < -0.4 is 15.6 Å². The number of amides is 1. The fraction of sp³-hybridized carbons (Fsp3) is 0.0870. The number of carbonyl (C=O) groups is 1. The maximum Gasteiger partial charge on any atom is 0.258 e. The maximum atomic E-state index is 12.9. The number of hydrogen-bond acceptors (Lipinski definition) is 5. The summed E-state index contributed by atoms with van der Waals surface area (Å²) in [6, 6.07) is 17.7. The van der Waals surface area contributed by atoms with Crippen molar-refractivity contribution in [3.63, 3.8) is 0 Å². The summed E-state index contributed by atoms with van der Waals surface area (Å²) in [5.41, 5.74) is 2.08. The number of rotatable bonds is 6. The monoisotopic (exact) mass is 401 g/mol. The van der Waals surface area contributed by atoms with E-state index in [1.165, 1.54) is 23.9 Å². The smallest absolute Gasteiger partial charge is 0.258 e. The lowest BCUT2D eigenvalue weighted by Gasteiger charge is -2.13. The fourth-order valence-corrected chi connectivity index (χ4v) is 3.13. The van der Waals surface area contributed by atoms with Crippen LogP contribution in [0.5, 0.6) is 5.75 Å². The summed E-state index contributed by atoms with van der Waals surface area (Å²) in [4.78, 5) is 29.8. The zero-order valence-corrected chi connectivity index (χ0v) is 16.2. The fourth-order valence-electron chi connectivity index (χ4n) is 3.13. The van der Waals surface area contributed by atoms with E-state index in [0.717, 1.165) is 5.56 Å². The van der Waals surface area contributed by atoms with E-state index in [9.17, 15) is 9.59 Å². The van der Waals surface area contributed by atoms with Gasteiger partial charge in [-0.05, 0) is 30.3 Å². The number of nitrogens with one attached hydrogen (secondary N) is 1. The van der Waals surface area contributed by atoms with Crippen molar-refractivity contribution in [1.29, 1.82) is 0 Å². The zero-order valence-electron chi connectivity index (χ0n) is 16.2. The van der Waals surface area contributed by atoms with Crippen molar-refractivity contribution >= 4 is 5.91 Å². The average molecular weight is 401 g/mol. The van der Waals surface area contributed by atoms with Crippen LogP contribution in [0, 0.1) is 0 Å². The Labute approximate surface area is 172 Å². The number of furan rings is 1. The van der Waals surface area contributed by atoms with E-state index < -0.39 is 0 Å². The van der Waals surface area contributed by atoms with Gasteiger partial charge in [0.2, 0.25) is 0 Å². The Balaban J connectivity index is 1.62. The summed E-state index contributed by atoms with van der Waals surface area (Å²) in [6.45, 7) is 0.232. The molecule has 0 atom stereocenters. The molecule has 0 fully saturated rings. The second kappa shape index (κ2) is 8.48. The van der Waals surface area contributed by atoms with E-state index in [0.29, 0.717) is 17.1 Å². The van der Waals surface area contributed by atoms with Crippen LogP contribution in [0.4, 0.5) is 0 Å². The second-order valence-electron chi connectivity index (χ2n) is 6.47. The van der Waals surface area contributed by atoms with Gasteiger partial charge < -0.3 is 14.5 Å². The Morgan fingerprint density at radius 3 is 2.70 bits per heavy atom. The Bertz CT molecular complexity index is 1210. The molecule has 7 nitrogen and oxygen atoms in total. The van der Waals surface area contributed by atoms with Crippen molar-refractivity contribution in [1.82, 2.24) is 14.9 Å². The first-order valence-corrected chi connectivity index (χ1v) is 9.29. The molecular weight excluding hydrogens is 382 g/mol. The van der Waals surface area contributed by atoms with Gasteiger partial charge in [-0.2, -0.15) is 0 Å². The molecule has 0 aliphatic rings. The van der Waals surface area contributed by atoms with E-state index >= 15 is 0 Å². The molecule has 7 heteroatoms. The summed E-state index contributed by atoms with van der Waals surface area (Å²) < 4.78 is 12.1. The molecule has 0 radical (unpaired) electrons. The van der Waals surface area contributed by atoms with Gasteiger partial charge in [-0.1, -0.05) is 24.3 Å². The van der Waals surface area contributed by atoms with Gasteiger partial charge in [0.05, 0.1) is 18.9 Å². The quantitative estimate of drug-likeness (QED) is 0.535. The third-order valence-electron chi connectivity index (χ3n) is 4.60. The van der Waals surface area contributed by atoms with Gasteiger partial charge in [0.1, 0.15) is 11.4 Å². The molecular formula is C23H19N3O4. The minimum Gasteiger partial charge on any atom is -0.496 e. The molecule has 3 aromatic heterocycles. The van der Waals surface area contributed by atoms with Gasteiger partial charge >= 0.3 is 0 Å². The molecule has 3 heterocycles. The molecule has 30 heavy (non-hydrogen) atoms. The lowest BCUT2D eigenvalue weighted by Crippen LogP contribution is -2.27. The van der Waals surface area contributed by atoms with E-state index in [1.54, 1.807) is 36.7 Å². The second-order valence-corrected chi connectivity index (χ2v) is 6.47. The Hall–Kier alpha value is -4.13. The number of benzene rings is 1. The summed E-state index contributed by atoms with van der Waals surface area (Å²) in [7, 11) is 1.43. The minimum atomic E-state index is -0.370. The van der Waals surface area contributed by atoms with Crippen LogP contribution in [0.2, 0.25) is 0 Å². The molecule has 0 bridgehead atoms. The lowest BCUT2D eigenvalue weighted by molar-refractivity contribution is 0.0947. The SMILES string of the molecule is COc1cc(=O)n(-c2ccccc2)cc1C(=O)NCc1cccnc1-c1ccco1. The summed E-state index contributed by atoms with van der Waals surface area (Å²) >= 11 is 0. The standard InChI is InChI=1S/C23H19N3O4/c1-29-20-13-21(27)26(17-8-3-2-4-9-17)15-18(20)23(28)25-14-16-7-5-11-24-22(16)19-10-6-12-30-19/h2-13,15H,14H2,1H3,(H,25,28). The first-order chi connectivity index (χ1) is 14.7. The predicted molar refractivity (Wildman–Crippen MR) is 112 cm³/mol. The van der Waals surface area contributed by atoms with E-state index in [-0.39, 0.29) is 29.3 Å². The number of para-hydroxylation sites is 1. The molecule has 0 unspecified atom stereocenters. The number of nitrogens with zero attached hydrogens (tertiary/aromatic N) is 2. The largest absolute Gasteiger partial charge is 0.496 e. The van der Waals surface area contributed by atoms with Gasteiger partial charge in [-0.3, -0.25) is 19.1 Å². The Morgan fingerprint density at radius 2 is 1.97 bits per heavy atom. The highest BCUT2D eigenvalue weighted by Crippen LogP contribution is 2.22. The average Bonchev–Trinajstić information content (AvgIpc) is 3.33.